The highest BCUT2D eigenvalue weighted by Crippen LogP contribution is 2.59. The predicted octanol–water partition coefficient (Wildman–Crippen LogP) is 4.21. The van der Waals surface area contributed by atoms with Crippen LogP contribution in [0, 0.1) is 24.7 Å². The van der Waals surface area contributed by atoms with E-state index in [1.807, 2.05) is 0 Å². The summed E-state index contributed by atoms with van der Waals surface area (Å²) < 4.78 is 2.39. The minimum absolute atomic E-state index is 0.272. The smallest absolute Gasteiger partial charge is 0.112 e. The van der Waals surface area contributed by atoms with E-state index in [-0.39, 0.29) is 5.54 Å². The molecular weight excluding hydrogens is 310 g/mol. The van der Waals surface area contributed by atoms with Gasteiger partial charge in [-0.05, 0) is 80.0 Å². The molecule has 6 rings (SSSR count). The van der Waals surface area contributed by atoms with Crippen LogP contribution in [0.1, 0.15) is 44.1 Å². The molecule has 3 nitrogen and oxygen atoms in total. The van der Waals surface area contributed by atoms with Crippen molar-refractivity contribution < 1.29 is 0 Å². The van der Waals surface area contributed by atoms with E-state index in [0.29, 0.717) is 0 Å². The van der Waals surface area contributed by atoms with Crippen molar-refractivity contribution in [1.29, 1.82) is 0 Å². The maximum atomic E-state index is 4.79. The number of hydrogen-bond acceptors (Lipinski definition) is 2. The summed E-state index contributed by atoms with van der Waals surface area (Å²) in [5.74, 6) is 2.82. The predicted molar refractivity (Wildman–Crippen MR) is 101 cm³/mol. The van der Waals surface area contributed by atoms with Crippen molar-refractivity contribution in [2.75, 3.05) is 0 Å². The summed E-state index contributed by atoms with van der Waals surface area (Å²) in [7, 11) is -1.42. The zero-order valence-electron chi connectivity index (χ0n) is 15.5. The Morgan fingerprint density at radius 1 is 1.00 bits per heavy atom. The van der Waals surface area contributed by atoms with E-state index in [1.54, 1.807) is 0 Å². The number of rotatable bonds is 2. The topological polar surface area (TPSA) is 30.7 Å². The van der Waals surface area contributed by atoms with Crippen LogP contribution in [0.3, 0.4) is 0 Å². The first kappa shape index (κ1) is 15.1. The molecule has 24 heavy (non-hydrogen) atoms. The van der Waals surface area contributed by atoms with Crippen molar-refractivity contribution in [3.05, 3.63) is 17.7 Å². The van der Waals surface area contributed by atoms with Gasteiger partial charge in [-0.25, -0.2) is 4.68 Å². The van der Waals surface area contributed by atoms with Crippen LogP contribution in [0.2, 0.25) is 19.6 Å². The molecule has 4 saturated carbocycles. The van der Waals surface area contributed by atoms with Crippen LogP contribution >= 0.6 is 0 Å². The van der Waals surface area contributed by atoms with E-state index in [9.17, 15) is 0 Å². The number of fused-ring (bicyclic) bond motifs is 1. The van der Waals surface area contributed by atoms with Gasteiger partial charge in [-0.2, -0.15) is 0 Å². The summed E-state index contributed by atoms with van der Waals surface area (Å²) in [5.41, 5.74) is 4.15. The standard InChI is InChI=1S/C20H29N3Si/c1-13-5-17-19(18(6-13)24(2,3)4)21-22-23(17)20-10-14-7-15(11-20)9-16(8-14)12-20/h5-6,14-16H,7-12H2,1-4H3. The van der Waals surface area contributed by atoms with Gasteiger partial charge in [0.25, 0.3) is 0 Å². The van der Waals surface area contributed by atoms with Gasteiger partial charge in [-0.15, -0.1) is 5.10 Å². The normalized spacial score (nSPS) is 35.1. The second kappa shape index (κ2) is 4.72. The number of benzene rings is 1. The van der Waals surface area contributed by atoms with Gasteiger partial charge in [0.2, 0.25) is 0 Å². The molecule has 0 N–H and O–H groups in total. The Kier molecular flexibility index (Phi) is 2.97. The summed E-state index contributed by atoms with van der Waals surface area (Å²) in [6.07, 6.45) is 8.45. The van der Waals surface area contributed by atoms with Gasteiger partial charge in [0.15, 0.2) is 0 Å². The van der Waals surface area contributed by atoms with Gasteiger partial charge in [-0.3, -0.25) is 0 Å². The molecule has 0 radical (unpaired) electrons. The molecule has 0 saturated heterocycles. The average molecular weight is 340 g/mol. The third kappa shape index (κ3) is 2.08. The van der Waals surface area contributed by atoms with Gasteiger partial charge in [0, 0.05) is 0 Å². The van der Waals surface area contributed by atoms with E-state index >= 15 is 0 Å². The lowest BCUT2D eigenvalue weighted by Crippen LogP contribution is -2.52. The molecule has 0 atom stereocenters. The zero-order chi connectivity index (χ0) is 16.7. The first-order valence-corrected chi connectivity index (χ1v) is 13.2. The second-order valence-corrected chi connectivity index (χ2v) is 15.1. The van der Waals surface area contributed by atoms with Crippen LogP contribution in [0.4, 0.5) is 0 Å². The number of hydrogen-bond donors (Lipinski definition) is 0. The first-order chi connectivity index (χ1) is 11.3. The van der Waals surface area contributed by atoms with Crippen molar-refractivity contribution in [3.8, 4) is 0 Å². The summed E-state index contributed by atoms with van der Waals surface area (Å²) in [4.78, 5) is 0. The number of aromatic nitrogens is 3. The van der Waals surface area contributed by atoms with Crippen LogP contribution in [0.5, 0.6) is 0 Å². The fourth-order valence-electron chi connectivity index (χ4n) is 6.41. The first-order valence-electron chi connectivity index (χ1n) is 9.71. The van der Waals surface area contributed by atoms with Crippen LogP contribution in [-0.2, 0) is 5.54 Å². The van der Waals surface area contributed by atoms with E-state index in [1.165, 1.54) is 60.3 Å². The Hall–Kier alpha value is -1.16. The Morgan fingerprint density at radius 3 is 2.12 bits per heavy atom. The van der Waals surface area contributed by atoms with E-state index in [0.717, 1.165) is 17.8 Å². The largest absolute Gasteiger partial charge is 0.239 e. The molecule has 4 aliphatic rings. The summed E-state index contributed by atoms with van der Waals surface area (Å²) in [6.45, 7) is 9.50. The third-order valence-electron chi connectivity index (χ3n) is 6.96. The molecule has 128 valence electrons. The van der Waals surface area contributed by atoms with Crippen molar-refractivity contribution in [2.45, 2.75) is 70.6 Å². The summed E-state index contributed by atoms with van der Waals surface area (Å²) >= 11 is 0. The van der Waals surface area contributed by atoms with Crippen molar-refractivity contribution >= 4 is 24.3 Å². The Morgan fingerprint density at radius 2 is 1.58 bits per heavy atom. The lowest BCUT2D eigenvalue weighted by atomic mass is 9.53. The minimum atomic E-state index is -1.42. The lowest BCUT2D eigenvalue weighted by Gasteiger charge is -2.56. The van der Waals surface area contributed by atoms with Gasteiger partial charge in [0.05, 0.1) is 19.1 Å². The van der Waals surface area contributed by atoms with E-state index in [4.69, 9.17) is 10.3 Å². The van der Waals surface area contributed by atoms with Crippen LogP contribution in [0.25, 0.3) is 11.0 Å². The van der Waals surface area contributed by atoms with Crippen LogP contribution < -0.4 is 5.19 Å². The zero-order valence-corrected chi connectivity index (χ0v) is 16.5. The fourth-order valence-corrected chi connectivity index (χ4v) is 7.96. The molecule has 4 aliphatic carbocycles. The molecule has 0 amide bonds. The molecule has 4 fully saturated rings. The van der Waals surface area contributed by atoms with Gasteiger partial charge >= 0.3 is 0 Å². The second-order valence-electron chi connectivity index (χ2n) is 10.1. The summed E-state index contributed by atoms with van der Waals surface area (Å²) in [5, 5.41) is 11.0. The maximum absolute atomic E-state index is 4.79. The molecule has 0 aliphatic heterocycles. The monoisotopic (exact) mass is 339 g/mol. The molecule has 1 aromatic carbocycles. The SMILES string of the molecule is Cc1cc([Si](C)(C)C)c2nnn(C34CC5CC(CC(C5)C3)C4)c2c1. The number of nitrogens with zero attached hydrogens (tertiary/aromatic N) is 3. The van der Waals surface area contributed by atoms with Crippen molar-refractivity contribution in [1.82, 2.24) is 15.0 Å². The van der Waals surface area contributed by atoms with Gasteiger partial charge in [-0.1, -0.05) is 30.9 Å². The number of aryl methyl sites for hydroxylation is 1. The van der Waals surface area contributed by atoms with Gasteiger partial charge < -0.3 is 0 Å². The highest BCUT2D eigenvalue weighted by molar-refractivity contribution is 6.90. The highest BCUT2D eigenvalue weighted by Gasteiger charge is 2.53. The molecule has 2 aromatic rings. The van der Waals surface area contributed by atoms with Gasteiger partial charge in [0.1, 0.15) is 5.52 Å². The fraction of sp³-hybridized carbons (Fsp3) is 0.700. The molecule has 1 heterocycles. The lowest BCUT2D eigenvalue weighted by molar-refractivity contribution is -0.0479. The average Bonchev–Trinajstić information content (AvgIpc) is 2.88. The summed E-state index contributed by atoms with van der Waals surface area (Å²) in [6, 6.07) is 4.71. The molecule has 0 unspecified atom stereocenters. The quantitative estimate of drug-likeness (QED) is 0.767. The Balaban J connectivity index is 1.70. The minimum Gasteiger partial charge on any atom is -0.239 e. The Labute approximate surface area is 145 Å². The molecule has 4 heteroatoms. The van der Waals surface area contributed by atoms with Crippen molar-refractivity contribution in [3.63, 3.8) is 0 Å². The molecule has 0 spiro atoms. The molecular formula is C20H29N3Si. The highest BCUT2D eigenvalue weighted by atomic mass is 28.3. The van der Waals surface area contributed by atoms with E-state index in [2.05, 4.69) is 43.4 Å². The molecule has 1 aromatic heterocycles. The van der Waals surface area contributed by atoms with Crippen LogP contribution in [0.15, 0.2) is 12.1 Å². The molecule has 4 bridgehead atoms. The maximum Gasteiger partial charge on any atom is 0.112 e. The third-order valence-corrected chi connectivity index (χ3v) is 8.96. The van der Waals surface area contributed by atoms with Crippen molar-refractivity contribution in [2.24, 2.45) is 17.8 Å². The van der Waals surface area contributed by atoms with Crippen LogP contribution in [-0.4, -0.2) is 23.1 Å². The van der Waals surface area contributed by atoms with E-state index < -0.39 is 8.07 Å². The Bertz CT molecular complexity index is 779.